The number of nitrogens with zero attached hydrogens (tertiary/aromatic N) is 3. The van der Waals surface area contributed by atoms with Crippen molar-refractivity contribution in [3.8, 4) is 0 Å². The van der Waals surface area contributed by atoms with Gasteiger partial charge in [0, 0.05) is 44.6 Å². The molecule has 0 aromatic carbocycles. The molecule has 1 amide bonds. The summed E-state index contributed by atoms with van der Waals surface area (Å²) in [6.07, 6.45) is -2.66. The van der Waals surface area contributed by atoms with Crippen molar-refractivity contribution in [2.45, 2.75) is 19.1 Å². The van der Waals surface area contributed by atoms with Crippen LogP contribution in [-0.4, -0.2) is 46.9 Å². The van der Waals surface area contributed by atoms with Gasteiger partial charge in [-0.15, -0.1) is 0 Å². The predicted molar refractivity (Wildman–Crippen MR) is 89.4 cm³/mol. The molecule has 3 heterocycles. The van der Waals surface area contributed by atoms with E-state index >= 15 is 0 Å². The summed E-state index contributed by atoms with van der Waals surface area (Å²) in [4.78, 5) is 19.8. The standard InChI is InChI=1S/C17H18F3N3OS/c1-12(13-3-9-25-11-13)22-5-7-23(8-6-22)16(24)14-2-4-21-10-15(14)17(18,19)20/h2-4,9-12H,5-8H2,1H3. The maximum atomic E-state index is 13.1. The van der Waals surface area contributed by atoms with Crippen LogP contribution < -0.4 is 0 Å². The quantitative estimate of drug-likeness (QED) is 0.828. The summed E-state index contributed by atoms with van der Waals surface area (Å²) >= 11 is 1.63. The van der Waals surface area contributed by atoms with E-state index in [1.54, 1.807) is 11.3 Å². The van der Waals surface area contributed by atoms with Gasteiger partial charge in [0.15, 0.2) is 0 Å². The third-order valence-electron chi connectivity index (χ3n) is 4.53. The Morgan fingerprint density at radius 1 is 1.24 bits per heavy atom. The number of piperazine rings is 1. The second-order valence-electron chi connectivity index (χ2n) is 5.98. The zero-order valence-electron chi connectivity index (χ0n) is 13.7. The van der Waals surface area contributed by atoms with Crippen LogP contribution in [0, 0.1) is 0 Å². The molecule has 3 rings (SSSR count). The number of alkyl halides is 3. The number of pyridine rings is 1. The number of halogens is 3. The first-order valence-electron chi connectivity index (χ1n) is 7.94. The lowest BCUT2D eigenvalue weighted by molar-refractivity contribution is -0.138. The Morgan fingerprint density at radius 3 is 2.56 bits per heavy atom. The normalized spacial score (nSPS) is 17.5. The van der Waals surface area contributed by atoms with Crippen molar-refractivity contribution in [1.82, 2.24) is 14.8 Å². The van der Waals surface area contributed by atoms with E-state index in [0.717, 1.165) is 6.07 Å². The highest BCUT2D eigenvalue weighted by molar-refractivity contribution is 7.07. The van der Waals surface area contributed by atoms with Crippen LogP contribution in [-0.2, 0) is 6.18 Å². The lowest BCUT2D eigenvalue weighted by Gasteiger charge is -2.38. The summed E-state index contributed by atoms with van der Waals surface area (Å²) in [6, 6.07) is 3.44. The Hall–Kier alpha value is -1.93. The molecule has 25 heavy (non-hydrogen) atoms. The van der Waals surface area contributed by atoms with Crippen molar-refractivity contribution in [2.24, 2.45) is 0 Å². The molecule has 134 valence electrons. The van der Waals surface area contributed by atoms with E-state index in [9.17, 15) is 18.0 Å². The monoisotopic (exact) mass is 369 g/mol. The Labute approximate surface area is 147 Å². The molecule has 2 aromatic rings. The number of hydrogen-bond donors (Lipinski definition) is 0. The van der Waals surface area contributed by atoms with Crippen molar-refractivity contribution in [2.75, 3.05) is 26.2 Å². The largest absolute Gasteiger partial charge is 0.418 e. The number of hydrogen-bond acceptors (Lipinski definition) is 4. The maximum Gasteiger partial charge on any atom is 0.418 e. The van der Waals surface area contributed by atoms with Gasteiger partial charge in [0.05, 0.1) is 11.1 Å². The van der Waals surface area contributed by atoms with Gasteiger partial charge in [0.25, 0.3) is 5.91 Å². The Morgan fingerprint density at radius 2 is 1.96 bits per heavy atom. The Balaban J connectivity index is 1.68. The van der Waals surface area contributed by atoms with Crippen LogP contribution >= 0.6 is 11.3 Å². The second kappa shape index (κ2) is 7.13. The molecule has 1 fully saturated rings. The van der Waals surface area contributed by atoms with E-state index in [1.165, 1.54) is 16.7 Å². The minimum Gasteiger partial charge on any atom is -0.336 e. The molecule has 1 aliphatic heterocycles. The third kappa shape index (κ3) is 3.85. The minimum atomic E-state index is -4.59. The topological polar surface area (TPSA) is 36.4 Å². The molecule has 0 bridgehead atoms. The zero-order valence-corrected chi connectivity index (χ0v) is 14.5. The van der Waals surface area contributed by atoms with E-state index in [4.69, 9.17) is 0 Å². The summed E-state index contributed by atoms with van der Waals surface area (Å²) < 4.78 is 39.2. The Bertz CT molecular complexity index is 725. The van der Waals surface area contributed by atoms with Crippen molar-refractivity contribution in [3.63, 3.8) is 0 Å². The molecule has 0 N–H and O–H groups in total. The van der Waals surface area contributed by atoms with Crippen LogP contribution in [0.3, 0.4) is 0 Å². The fraction of sp³-hybridized carbons (Fsp3) is 0.412. The van der Waals surface area contributed by atoms with Crippen molar-refractivity contribution < 1.29 is 18.0 Å². The molecule has 4 nitrogen and oxygen atoms in total. The number of carbonyl (C=O) groups is 1. The van der Waals surface area contributed by atoms with Gasteiger partial charge >= 0.3 is 6.18 Å². The molecule has 1 atom stereocenters. The van der Waals surface area contributed by atoms with Crippen LogP contribution in [0.4, 0.5) is 13.2 Å². The van der Waals surface area contributed by atoms with Gasteiger partial charge < -0.3 is 4.90 Å². The lowest BCUT2D eigenvalue weighted by atomic mass is 10.1. The minimum absolute atomic E-state index is 0.232. The summed E-state index contributed by atoms with van der Waals surface area (Å²) in [5.74, 6) is -0.586. The SMILES string of the molecule is CC(c1ccsc1)N1CCN(C(=O)c2ccncc2C(F)(F)F)CC1. The van der Waals surface area contributed by atoms with Gasteiger partial charge in [-0.25, -0.2) is 0 Å². The molecule has 0 radical (unpaired) electrons. The lowest BCUT2D eigenvalue weighted by Crippen LogP contribution is -2.49. The van der Waals surface area contributed by atoms with Crippen LogP contribution in [0.25, 0.3) is 0 Å². The van der Waals surface area contributed by atoms with Gasteiger partial charge in [-0.05, 0) is 35.4 Å². The molecular weight excluding hydrogens is 351 g/mol. The van der Waals surface area contributed by atoms with Crippen LogP contribution in [0.2, 0.25) is 0 Å². The fourth-order valence-corrected chi connectivity index (χ4v) is 3.76. The third-order valence-corrected chi connectivity index (χ3v) is 5.23. The van der Waals surface area contributed by atoms with Crippen molar-refractivity contribution in [3.05, 3.63) is 52.0 Å². The molecule has 0 spiro atoms. The van der Waals surface area contributed by atoms with Crippen LogP contribution in [0.15, 0.2) is 35.3 Å². The molecule has 0 saturated carbocycles. The predicted octanol–water partition coefficient (Wildman–Crippen LogP) is 3.68. The van der Waals surface area contributed by atoms with Gasteiger partial charge in [-0.1, -0.05) is 0 Å². The molecular formula is C17H18F3N3OS. The van der Waals surface area contributed by atoms with E-state index in [2.05, 4.69) is 28.3 Å². The van der Waals surface area contributed by atoms with E-state index in [0.29, 0.717) is 32.4 Å². The van der Waals surface area contributed by atoms with E-state index in [1.807, 2.05) is 5.38 Å². The molecule has 1 unspecified atom stereocenters. The number of amides is 1. The smallest absolute Gasteiger partial charge is 0.336 e. The summed E-state index contributed by atoms with van der Waals surface area (Å²) in [7, 11) is 0. The summed E-state index contributed by atoms with van der Waals surface area (Å²) in [6.45, 7) is 4.19. The van der Waals surface area contributed by atoms with Crippen molar-refractivity contribution >= 4 is 17.2 Å². The number of carbonyl (C=O) groups excluding carboxylic acids is 1. The number of thiophene rings is 1. The first-order chi connectivity index (χ1) is 11.9. The first kappa shape index (κ1) is 17.9. The van der Waals surface area contributed by atoms with Gasteiger partial charge in [0.2, 0.25) is 0 Å². The highest BCUT2D eigenvalue weighted by atomic mass is 32.1. The molecule has 8 heteroatoms. The Kier molecular flexibility index (Phi) is 5.10. The second-order valence-corrected chi connectivity index (χ2v) is 6.76. The maximum absolute atomic E-state index is 13.1. The fourth-order valence-electron chi connectivity index (χ4n) is 3.01. The highest BCUT2D eigenvalue weighted by Gasteiger charge is 2.37. The first-order valence-corrected chi connectivity index (χ1v) is 8.89. The van der Waals surface area contributed by atoms with Gasteiger partial charge in [-0.2, -0.15) is 24.5 Å². The molecule has 2 aromatic heterocycles. The van der Waals surface area contributed by atoms with E-state index in [-0.39, 0.29) is 11.6 Å². The van der Waals surface area contributed by atoms with Crippen LogP contribution in [0.1, 0.15) is 34.5 Å². The number of aromatic nitrogens is 1. The molecule has 1 aliphatic rings. The average molecular weight is 369 g/mol. The molecule has 1 saturated heterocycles. The van der Waals surface area contributed by atoms with E-state index < -0.39 is 17.6 Å². The highest BCUT2D eigenvalue weighted by Crippen LogP contribution is 2.32. The molecule has 0 aliphatic carbocycles. The summed E-state index contributed by atoms with van der Waals surface area (Å²) in [5, 5.41) is 4.11. The van der Waals surface area contributed by atoms with Gasteiger partial charge in [-0.3, -0.25) is 14.7 Å². The number of rotatable bonds is 3. The van der Waals surface area contributed by atoms with Gasteiger partial charge in [0.1, 0.15) is 0 Å². The average Bonchev–Trinajstić information content (AvgIpc) is 3.14. The summed E-state index contributed by atoms with van der Waals surface area (Å²) in [5.41, 5.74) is -0.0887. The van der Waals surface area contributed by atoms with Crippen LogP contribution in [0.5, 0.6) is 0 Å². The van der Waals surface area contributed by atoms with Crippen molar-refractivity contribution in [1.29, 1.82) is 0 Å². The zero-order chi connectivity index (χ0) is 18.0.